The Morgan fingerprint density at radius 2 is 2.33 bits per heavy atom. The summed E-state index contributed by atoms with van der Waals surface area (Å²) in [5, 5.41) is 1.14. The molecule has 0 saturated heterocycles. The van der Waals surface area contributed by atoms with Gasteiger partial charge in [0.25, 0.3) is 0 Å². The molecule has 0 aliphatic carbocycles. The first-order valence-corrected chi connectivity index (χ1v) is 5.16. The summed E-state index contributed by atoms with van der Waals surface area (Å²) in [5.41, 5.74) is 7.91. The molecule has 0 aliphatic heterocycles. The second-order valence-electron chi connectivity index (χ2n) is 4.07. The van der Waals surface area contributed by atoms with Gasteiger partial charge < -0.3 is 10.3 Å². The second kappa shape index (κ2) is 3.98. The van der Waals surface area contributed by atoms with Crippen molar-refractivity contribution < 1.29 is 0 Å². The first-order chi connectivity index (χ1) is 7.22. The Balaban J connectivity index is 2.43. The highest BCUT2D eigenvalue weighted by atomic mass is 15.0. The number of nitrogens with zero attached hydrogens (tertiary/aromatic N) is 3. The van der Waals surface area contributed by atoms with E-state index in [0.717, 1.165) is 17.5 Å². The van der Waals surface area contributed by atoms with Crippen molar-refractivity contribution in [2.24, 2.45) is 18.7 Å². The maximum Gasteiger partial charge on any atom is 0.143 e. The summed E-state index contributed by atoms with van der Waals surface area (Å²) in [6, 6.07) is 0. The third-order valence-corrected chi connectivity index (χ3v) is 2.69. The van der Waals surface area contributed by atoms with Crippen LogP contribution >= 0.6 is 0 Å². The molecule has 0 radical (unpaired) electrons. The summed E-state index contributed by atoms with van der Waals surface area (Å²) >= 11 is 0. The van der Waals surface area contributed by atoms with Crippen LogP contribution in [0.25, 0.3) is 11.0 Å². The van der Waals surface area contributed by atoms with Crippen molar-refractivity contribution in [1.82, 2.24) is 14.5 Å². The predicted octanol–water partition coefficient (Wildman–Crippen LogP) is 1.11. The molecule has 0 fully saturated rings. The van der Waals surface area contributed by atoms with Crippen LogP contribution in [0.15, 0.2) is 18.7 Å². The van der Waals surface area contributed by atoms with Gasteiger partial charge in [0, 0.05) is 24.8 Å². The van der Waals surface area contributed by atoms with Gasteiger partial charge in [-0.2, -0.15) is 0 Å². The topological polar surface area (TPSA) is 56.7 Å². The number of fused-ring (bicyclic) bond motifs is 1. The Bertz CT molecular complexity index is 461. The Morgan fingerprint density at radius 3 is 3.07 bits per heavy atom. The van der Waals surface area contributed by atoms with E-state index in [1.807, 2.05) is 17.8 Å². The lowest BCUT2D eigenvalue weighted by Crippen LogP contribution is -2.12. The van der Waals surface area contributed by atoms with Crippen LogP contribution in [0.3, 0.4) is 0 Å². The fourth-order valence-electron chi connectivity index (χ4n) is 1.82. The van der Waals surface area contributed by atoms with Crippen LogP contribution in [-0.2, 0) is 13.5 Å². The molecule has 0 spiro atoms. The van der Waals surface area contributed by atoms with Crippen LogP contribution in [0.2, 0.25) is 0 Å². The summed E-state index contributed by atoms with van der Waals surface area (Å²) in [4.78, 5) is 8.32. The van der Waals surface area contributed by atoms with Crippen LogP contribution in [0.4, 0.5) is 0 Å². The van der Waals surface area contributed by atoms with E-state index < -0.39 is 0 Å². The first-order valence-electron chi connectivity index (χ1n) is 5.16. The number of rotatable bonds is 3. The average Bonchev–Trinajstić information content (AvgIpc) is 2.57. The monoisotopic (exact) mass is 204 g/mol. The van der Waals surface area contributed by atoms with Gasteiger partial charge in [-0.25, -0.2) is 9.97 Å². The molecule has 4 heteroatoms. The minimum Gasteiger partial charge on any atom is -0.335 e. The van der Waals surface area contributed by atoms with Crippen molar-refractivity contribution >= 4 is 11.0 Å². The summed E-state index contributed by atoms with van der Waals surface area (Å²) in [6.45, 7) is 2.87. The van der Waals surface area contributed by atoms with Crippen LogP contribution in [0, 0.1) is 5.92 Å². The molecule has 2 aromatic heterocycles. The molecule has 80 valence electrons. The molecule has 4 nitrogen and oxygen atoms in total. The van der Waals surface area contributed by atoms with Gasteiger partial charge in [0.2, 0.25) is 0 Å². The minimum atomic E-state index is 0.496. The molecule has 0 amide bonds. The lowest BCUT2D eigenvalue weighted by molar-refractivity contribution is 0.594. The zero-order valence-corrected chi connectivity index (χ0v) is 9.14. The van der Waals surface area contributed by atoms with Gasteiger partial charge in [-0.1, -0.05) is 6.92 Å². The third-order valence-electron chi connectivity index (χ3n) is 2.69. The van der Waals surface area contributed by atoms with E-state index in [1.54, 1.807) is 6.33 Å². The van der Waals surface area contributed by atoms with Gasteiger partial charge in [0.15, 0.2) is 0 Å². The molecular formula is C11H16N4. The molecule has 0 saturated carbocycles. The van der Waals surface area contributed by atoms with Gasteiger partial charge in [0.05, 0.1) is 0 Å². The van der Waals surface area contributed by atoms with Crippen LogP contribution in [0.5, 0.6) is 0 Å². The maximum absolute atomic E-state index is 5.63. The van der Waals surface area contributed by atoms with Crippen molar-refractivity contribution in [3.63, 3.8) is 0 Å². The normalized spacial score (nSPS) is 13.3. The average molecular weight is 204 g/mol. The van der Waals surface area contributed by atoms with E-state index in [9.17, 15) is 0 Å². The fourth-order valence-corrected chi connectivity index (χ4v) is 1.82. The number of nitrogens with two attached hydrogens (primary N) is 1. The van der Waals surface area contributed by atoms with Crippen LogP contribution < -0.4 is 5.73 Å². The SMILES string of the molecule is CC(CN)Cc1cn(C)c2ncncc12. The maximum atomic E-state index is 5.63. The molecule has 2 aromatic rings. The van der Waals surface area contributed by atoms with E-state index in [4.69, 9.17) is 5.73 Å². The Labute approximate surface area is 89.1 Å². The lowest BCUT2D eigenvalue weighted by atomic mass is 10.0. The quantitative estimate of drug-likeness (QED) is 0.814. The summed E-state index contributed by atoms with van der Waals surface area (Å²) < 4.78 is 2.04. The Hall–Kier alpha value is -1.42. The summed E-state index contributed by atoms with van der Waals surface area (Å²) in [6.07, 6.45) is 6.56. The van der Waals surface area contributed by atoms with Gasteiger partial charge in [0.1, 0.15) is 12.0 Å². The number of aromatic nitrogens is 3. The molecule has 1 unspecified atom stereocenters. The summed E-state index contributed by atoms with van der Waals surface area (Å²) in [7, 11) is 2.01. The minimum absolute atomic E-state index is 0.496. The number of hydrogen-bond donors (Lipinski definition) is 1. The zero-order valence-electron chi connectivity index (χ0n) is 9.14. The first kappa shape index (κ1) is 10.1. The van der Waals surface area contributed by atoms with E-state index in [-0.39, 0.29) is 0 Å². The van der Waals surface area contributed by atoms with Crippen LogP contribution in [0.1, 0.15) is 12.5 Å². The van der Waals surface area contributed by atoms with E-state index in [1.165, 1.54) is 5.56 Å². The molecule has 0 aromatic carbocycles. The van der Waals surface area contributed by atoms with Crippen LogP contribution in [-0.4, -0.2) is 21.1 Å². The molecular weight excluding hydrogens is 188 g/mol. The fraction of sp³-hybridized carbons (Fsp3) is 0.455. The van der Waals surface area contributed by atoms with E-state index >= 15 is 0 Å². The molecule has 2 rings (SSSR count). The largest absolute Gasteiger partial charge is 0.335 e. The number of hydrogen-bond acceptors (Lipinski definition) is 3. The molecule has 1 atom stereocenters. The Kier molecular flexibility index (Phi) is 2.68. The van der Waals surface area contributed by atoms with Gasteiger partial charge >= 0.3 is 0 Å². The molecule has 15 heavy (non-hydrogen) atoms. The van der Waals surface area contributed by atoms with E-state index in [0.29, 0.717) is 12.5 Å². The lowest BCUT2D eigenvalue weighted by Gasteiger charge is -2.05. The second-order valence-corrected chi connectivity index (χ2v) is 4.07. The molecule has 0 bridgehead atoms. The highest BCUT2D eigenvalue weighted by Crippen LogP contribution is 2.19. The van der Waals surface area contributed by atoms with E-state index in [2.05, 4.69) is 23.1 Å². The van der Waals surface area contributed by atoms with Crippen molar-refractivity contribution in [3.05, 3.63) is 24.3 Å². The highest BCUT2D eigenvalue weighted by Gasteiger charge is 2.09. The standard InChI is InChI=1S/C11H16N4/c1-8(4-12)3-9-6-15(2)11-10(9)5-13-7-14-11/h5-8H,3-4,12H2,1-2H3. The molecule has 2 N–H and O–H groups in total. The number of aryl methyl sites for hydroxylation is 1. The molecule has 2 heterocycles. The van der Waals surface area contributed by atoms with Gasteiger partial charge in [-0.05, 0) is 24.4 Å². The Morgan fingerprint density at radius 1 is 1.53 bits per heavy atom. The zero-order chi connectivity index (χ0) is 10.8. The third kappa shape index (κ3) is 1.85. The van der Waals surface area contributed by atoms with Gasteiger partial charge in [-0.3, -0.25) is 0 Å². The molecule has 0 aliphatic rings. The van der Waals surface area contributed by atoms with Gasteiger partial charge in [-0.15, -0.1) is 0 Å². The predicted molar refractivity (Wildman–Crippen MR) is 60.4 cm³/mol. The van der Waals surface area contributed by atoms with Crippen molar-refractivity contribution in [3.8, 4) is 0 Å². The van der Waals surface area contributed by atoms with Crippen molar-refractivity contribution in [2.45, 2.75) is 13.3 Å². The summed E-state index contributed by atoms with van der Waals surface area (Å²) in [5.74, 6) is 0.496. The highest BCUT2D eigenvalue weighted by molar-refractivity contribution is 5.79. The van der Waals surface area contributed by atoms with Crippen molar-refractivity contribution in [1.29, 1.82) is 0 Å². The smallest absolute Gasteiger partial charge is 0.143 e. The van der Waals surface area contributed by atoms with Crippen molar-refractivity contribution in [2.75, 3.05) is 6.54 Å².